The minimum absolute atomic E-state index is 0.304. The molecule has 2 aromatic rings. The fourth-order valence-electron chi connectivity index (χ4n) is 1.35. The highest BCUT2D eigenvalue weighted by molar-refractivity contribution is 5.99. The summed E-state index contributed by atoms with van der Waals surface area (Å²) in [7, 11) is 0. The third-order valence-corrected chi connectivity index (χ3v) is 2.31. The van der Waals surface area contributed by atoms with E-state index in [0.717, 1.165) is 0 Å². The Balaban J connectivity index is 2.06. The van der Waals surface area contributed by atoms with Crippen molar-refractivity contribution in [3.8, 4) is 0 Å². The number of nitrogens with zero attached hydrogens (tertiary/aromatic N) is 1. The van der Waals surface area contributed by atoms with Crippen molar-refractivity contribution in [1.29, 1.82) is 0 Å². The lowest BCUT2D eigenvalue weighted by molar-refractivity contribution is 0.0953. The predicted octanol–water partition coefficient (Wildman–Crippen LogP) is 2.34. The van der Waals surface area contributed by atoms with Crippen LogP contribution in [0.5, 0.6) is 0 Å². The molecule has 0 unspecified atom stereocenters. The molecule has 0 saturated carbocycles. The van der Waals surface area contributed by atoms with Crippen LogP contribution in [0.15, 0.2) is 44.7 Å². The predicted molar refractivity (Wildman–Crippen MR) is 61.8 cm³/mol. The number of aryl methyl sites for hydroxylation is 1. The molecular weight excluding hydrogens is 220 g/mol. The summed E-state index contributed by atoms with van der Waals surface area (Å²) in [6.07, 6.45) is 3.02. The maximum Gasteiger partial charge on any atom is 0.274 e. The van der Waals surface area contributed by atoms with Gasteiger partial charge in [-0.3, -0.25) is 4.79 Å². The minimum Gasteiger partial charge on any atom is -0.469 e. The Morgan fingerprint density at radius 1 is 1.29 bits per heavy atom. The van der Waals surface area contributed by atoms with Crippen LogP contribution in [0.25, 0.3) is 0 Å². The van der Waals surface area contributed by atoms with E-state index in [1.54, 1.807) is 38.3 Å². The standard InChI is InChI=1S/C12H12N2O3/c1-8(11-4-3-6-17-11)13-14-12(15)10-5-7-16-9(10)2/h3-7H,1-2H3,(H,14,15)/b13-8+. The number of rotatable bonds is 3. The average Bonchev–Trinajstić information content (AvgIpc) is 2.95. The molecule has 2 aromatic heterocycles. The zero-order chi connectivity index (χ0) is 12.3. The van der Waals surface area contributed by atoms with Gasteiger partial charge in [0.1, 0.15) is 17.2 Å². The molecule has 0 aliphatic rings. The van der Waals surface area contributed by atoms with E-state index in [-0.39, 0.29) is 5.91 Å². The number of hydrogen-bond donors (Lipinski definition) is 1. The van der Waals surface area contributed by atoms with E-state index < -0.39 is 0 Å². The third-order valence-electron chi connectivity index (χ3n) is 2.31. The molecule has 88 valence electrons. The Morgan fingerprint density at radius 3 is 2.71 bits per heavy atom. The monoisotopic (exact) mass is 232 g/mol. The Kier molecular flexibility index (Phi) is 3.09. The largest absolute Gasteiger partial charge is 0.469 e. The van der Waals surface area contributed by atoms with Gasteiger partial charge in [0.2, 0.25) is 0 Å². The Bertz CT molecular complexity index is 538. The van der Waals surface area contributed by atoms with E-state index in [0.29, 0.717) is 22.8 Å². The van der Waals surface area contributed by atoms with Crippen molar-refractivity contribution in [2.45, 2.75) is 13.8 Å². The molecule has 0 bridgehead atoms. The number of hydrazone groups is 1. The molecule has 0 aromatic carbocycles. The summed E-state index contributed by atoms with van der Waals surface area (Å²) in [6.45, 7) is 3.47. The lowest BCUT2D eigenvalue weighted by Gasteiger charge is -1.99. The summed E-state index contributed by atoms with van der Waals surface area (Å²) in [6, 6.07) is 5.13. The topological polar surface area (TPSA) is 67.7 Å². The SMILES string of the molecule is C/C(=N\NC(=O)c1ccoc1C)c1ccco1. The van der Waals surface area contributed by atoms with Crippen LogP contribution in [0.3, 0.4) is 0 Å². The first-order valence-electron chi connectivity index (χ1n) is 5.11. The maximum atomic E-state index is 11.7. The molecular formula is C12H12N2O3. The van der Waals surface area contributed by atoms with Gasteiger partial charge < -0.3 is 8.83 Å². The summed E-state index contributed by atoms with van der Waals surface area (Å²) in [5, 5.41) is 3.95. The first-order chi connectivity index (χ1) is 8.18. The van der Waals surface area contributed by atoms with Gasteiger partial charge in [-0.05, 0) is 32.0 Å². The van der Waals surface area contributed by atoms with Gasteiger partial charge in [0, 0.05) is 0 Å². The minimum atomic E-state index is -0.304. The van der Waals surface area contributed by atoms with Crippen LogP contribution in [0.1, 0.15) is 28.8 Å². The quantitative estimate of drug-likeness (QED) is 0.652. The Hall–Kier alpha value is -2.30. The lowest BCUT2D eigenvalue weighted by Crippen LogP contribution is -2.19. The van der Waals surface area contributed by atoms with Crippen molar-refractivity contribution < 1.29 is 13.6 Å². The van der Waals surface area contributed by atoms with Crippen molar-refractivity contribution in [3.63, 3.8) is 0 Å². The number of carbonyl (C=O) groups excluding carboxylic acids is 1. The second-order valence-corrected chi connectivity index (χ2v) is 3.51. The summed E-state index contributed by atoms with van der Waals surface area (Å²) < 4.78 is 10.2. The molecule has 1 amide bonds. The molecule has 0 atom stereocenters. The fraction of sp³-hybridized carbons (Fsp3) is 0.167. The van der Waals surface area contributed by atoms with Crippen molar-refractivity contribution in [2.75, 3.05) is 0 Å². The van der Waals surface area contributed by atoms with E-state index in [9.17, 15) is 4.79 Å². The summed E-state index contributed by atoms with van der Waals surface area (Å²) in [5.74, 6) is 0.879. The first-order valence-corrected chi connectivity index (χ1v) is 5.11. The molecule has 0 aliphatic heterocycles. The first kappa shape index (κ1) is 11.2. The highest BCUT2D eigenvalue weighted by atomic mass is 16.3. The van der Waals surface area contributed by atoms with Gasteiger partial charge in [0.15, 0.2) is 0 Å². The highest BCUT2D eigenvalue weighted by Crippen LogP contribution is 2.08. The van der Waals surface area contributed by atoms with E-state index in [1.165, 1.54) is 6.26 Å². The summed E-state index contributed by atoms with van der Waals surface area (Å²) >= 11 is 0. The molecule has 2 rings (SSSR count). The van der Waals surface area contributed by atoms with Gasteiger partial charge in [0.05, 0.1) is 18.1 Å². The van der Waals surface area contributed by atoms with Crippen LogP contribution in [-0.4, -0.2) is 11.6 Å². The average molecular weight is 232 g/mol. The van der Waals surface area contributed by atoms with E-state index in [4.69, 9.17) is 8.83 Å². The Labute approximate surface area is 98.1 Å². The van der Waals surface area contributed by atoms with Crippen LogP contribution < -0.4 is 5.43 Å². The molecule has 2 heterocycles. The molecule has 1 N–H and O–H groups in total. The zero-order valence-corrected chi connectivity index (χ0v) is 9.56. The molecule has 5 nitrogen and oxygen atoms in total. The van der Waals surface area contributed by atoms with Crippen molar-refractivity contribution in [2.24, 2.45) is 5.10 Å². The summed E-state index contributed by atoms with van der Waals surface area (Å²) in [4.78, 5) is 11.7. The van der Waals surface area contributed by atoms with Gasteiger partial charge in [-0.2, -0.15) is 5.10 Å². The second kappa shape index (κ2) is 4.69. The second-order valence-electron chi connectivity index (χ2n) is 3.51. The summed E-state index contributed by atoms with van der Waals surface area (Å²) in [5.41, 5.74) is 3.52. The van der Waals surface area contributed by atoms with Crippen LogP contribution in [-0.2, 0) is 0 Å². The molecule has 0 spiro atoms. The molecule has 17 heavy (non-hydrogen) atoms. The van der Waals surface area contributed by atoms with Gasteiger partial charge in [-0.25, -0.2) is 5.43 Å². The van der Waals surface area contributed by atoms with Crippen molar-refractivity contribution in [1.82, 2.24) is 5.43 Å². The van der Waals surface area contributed by atoms with E-state index >= 15 is 0 Å². The molecule has 0 fully saturated rings. The molecule has 0 aliphatic carbocycles. The maximum absolute atomic E-state index is 11.7. The highest BCUT2D eigenvalue weighted by Gasteiger charge is 2.10. The van der Waals surface area contributed by atoms with Crippen molar-refractivity contribution >= 4 is 11.6 Å². The van der Waals surface area contributed by atoms with E-state index in [1.807, 2.05) is 0 Å². The smallest absolute Gasteiger partial charge is 0.274 e. The fourth-order valence-corrected chi connectivity index (χ4v) is 1.35. The van der Waals surface area contributed by atoms with Gasteiger partial charge in [0.25, 0.3) is 5.91 Å². The number of hydrogen-bond acceptors (Lipinski definition) is 4. The number of amides is 1. The van der Waals surface area contributed by atoms with Crippen LogP contribution in [0.4, 0.5) is 0 Å². The number of carbonyl (C=O) groups is 1. The van der Waals surface area contributed by atoms with E-state index in [2.05, 4.69) is 10.5 Å². The van der Waals surface area contributed by atoms with Crippen LogP contribution in [0.2, 0.25) is 0 Å². The van der Waals surface area contributed by atoms with Gasteiger partial charge >= 0.3 is 0 Å². The molecule has 0 radical (unpaired) electrons. The lowest BCUT2D eigenvalue weighted by atomic mass is 10.2. The molecule has 5 heteroatoms. The van der Waals surface area contributed by atoms with Crippen LogP contribution in [0, 0.1) is 6.92 Å². The Morgan fingerprint density at radius 2 is 2.12 bits per heavy atom. The number of nitrogens with one attached hydrogen (secondary N) is 1. The zero-order valence-electron chi connectivity index (χ0n) is 9.56. The molecule has 0 saturated heterocycles. The van der Waals surface area contributed by atoms with Crippen LogP contribution >= 0.6 is 0 Å². The third kappa shape index (κ3) is 2.44. The normalized spacial score (nSPS) is 11.5. The van der Waals surface area contributed by atoms with Gasteiger partial charge in [-0.1, -0.05) is 0 Å². The van der Waals surface area contributed by atoms with Gasteiger partial charge in [-0.15, -0.1) is 0 Å². The number of furan rings is 2. The van der Waals surface area contributed by atoms with Crippen molar-refractivity contribution in [3.05, 3.63) is 47.8 Å².